The maximum atomic E-state index is 12.7. The second kappa shape index (κ2) is 11.8. The van der Waals surface area contributed by atoms with E-state index < -0.39 is 5.91 Å². The molecule has 0 bridgehead atoms. The number of amidine groups is 1. The number of nitrogens with one attached hydrogen (secondary N) is 2. The number of nitrogens with zero attached hydrogens (tertiary/aromatic N) is 4. The Morgan fingerprint density at radius 3 is 2.70 bits per heavy atom. The molecule has 37 heavy (non-hydrogen) atoms. The van der Waals surface area contributed by atoms with E-state index in [-0.39, 0.29) is 28.9 Å². The average molecular weight is 562 g/mol. The van der Waals surface area contributed by atoms with Gasteiger partial charge in [0.25, 0.3) is 5.91 Å². The zero-order valence-corrected chi connectivity index (χ0v) is 23.6. The number of halogens is 1. The maximum absolute atomic E-state index is 12.7. The lowest BCUT2D eigenvalue weighted by atomic mass is 9.81. The largest absolute Gasteiger partial charge is 0.381 e. The lowest BCUT2D eigenvalue weighted by Gasteiger charge is -2.35. The number of nitrogens with two attached hydrogens (primary N) is 1. The number of thiocarbonyl (C=S) groups is 1. The van der Waals surface area contributed by atoms with Crippen LogP contribution in [0.2, 0.25) is 5.02 Å². The van der Waals surface area contributed by atoms with Crippen molar-refractivity contribution in [2.24, 2.45) is 16.6 Å². The van der Waals surface area contributed by atoms with Crippen LogP contribution in [0.15, 0.2) is 29.3 Å². The third-order valence-electron chi connectivity index (χ3n) is 6.68. The highest BCUT2D eigenvalue weighted by molar-refractivity contribution is 7.82. The first-order valence-electron chi connectivity index (χ1n) is 12.2. The highest BCUT2D eigenvalue weighted by Crippen LogP contribution is 2.30. The van der Waals surface area contributed by atoms with Crippen molar-refractivity contribution in [3.63, 3.8) is 0 Å². The molecular formula is C25H32ClN7O2S2. The Kier molecular flexibility index (Phi) is 8.79. The molecule has 3 atom stereocenters. The van der Waals surface area contributed by atoms with Gasteiger partial charge in [0.2, 0.25) is 5.91 Å². The van der Waals surface area contributed by atoms with Gasteiger partial charge in [-0.1, -0.05) is 23.8 Å². The molecule has 2 aromatic rings. The minimum absolute atomic E-state index is 0.0591. The van der Waals surface area contributed by atoms with Gasteiger partial charge in [-0.15, -0.1) is 11.3 Å². The molecule has 0 radical (unpaired) electrons. The number of anilines is 1. The second-order valence-corrected chi connectivity index (χ2v) is 11.7. The summed E-state index contributed by atoms with van der Waals surface area (Å²) in [5, 5.41) is 7.24. The van der Waals surface area contributed by atoms with Crippen LogP contribution in [0.3, 0.4) is 0 Å². The lowest BCUT2D eigenvalue weighted by molar-refractivity contribution is -0.134. The molecule has 0 saturated heterocycles. The molecule has 2 amide bonds. The number of hydrogen-bond donors (Lipinski definition) is 3. The first-order valence-corrected chi connectivity index (χ1v) is 13.8. The van der Waals surface area contributed by atoms with Gasteiger partial charge in [0.15, 0.2) is 15.8 Å². The van der Waals surface area contributed by atoms with E-state index >= 15 is 0 Å². The van der Waals surface area contributed by atoms with E-state index in [1.165, 1.54) is 4.88 Å². The van der Waals surface area contributed by atoms with Crippen molar-refractivity contribution in [2.75, 3.05) is 33.0 Å². The topological polar surface area (TPSA) is 116 Å². The van der Waals surface area contributed by atoms with Gasteiger partial charge in [0, 0.05) is 61.2 Å². The van der Waals surface area contributed by atoms with Crippen LogP contribution < -0.4 is 16.4 Å². The minimum Gasteiger partial charge on any atom is -0.381 e. The van der Waals surface area contributed by atoms with Crippen molar-refractivity contribution in [1.29, 1.82) is 0 Å². The molecule has 2 heterocycles. The van der Waals surface area contributed by atoms with Gasteiger partial charge in [0.05, 0.1) is 11.7 Å². The number of aliphatic imine (C=N–C) groups is 1. The third-order valence-corrected chi connectivity index (χ3v) is 8.34. The lowest BCUT2D eigenvalue weighted by Crippen LogP contribution is -2.50. The highest BCUT2D eigenvalue weighted by atomic mass is 35.5. The van der Waals surface area contributed by atoms with Crippen molar-refractivity contribution in [3.8, 4) is 0 Å². The Morgan fingerprint density at radius 2 is 2.00 bits per heavy atom. The molecular weight excluding hydrogens is 530 g/mol. The zero-order valence-electron chi connectivity index (χ0n) is 21.2. The fourth-order valence-electron chi connectivity index (χ4n) is 4.67. The number of thiazole rings is 1. The summed E-state index contributed by atoms with van der Waals surface area (Å²) >= 11 is 12.9. The highest BCUT2D eigenvalue weighted by Gasteiger charge is 2.36. The van der Waals surface area contributed by atoms with E-state index in [0.717, 1.165) is 25.2 Å². The molecule has 12 heteroatoms. The Hall–Kier alpha value is -2.60. The molecule has 0 spiro atoms. The van der Waals surface area contributed by atoms with Gasteiger partial charge in [-0.05, 0) is 50.6 Å². The number of likely N-dealkylation sites (N-methyl/N-ethyl adjacent to an activating group) is 1. The van der Waals surface area contributed by atoms with Crippen LogP contribution in [0.5, 0.6) is 0 Å². The van der Waals surface area contributed by atoms with Crippen LogP contribution >= 0.6 is 35.2 Å². The van der Waals surface area contributed by atoms with Gasteiger partial charge in [0.1, 0.15) is 0 Å². The Labute approximate surface area is 231 Å². The standard InChI is InChI=1S/C25H32ClN7O2S2/c1-32(2)25(35)14-4-9-17(30-23(36)22(34)28-16-7-5-15(26)6-8-16)19(12-14)29-21(27)24-31-18-10-11-33(3)13-20(18)37-24/h5-8,14,17,19H,4,9-13H2,1-3H3,(H2,27,29)(H,28,34)(H,30,36)/t14-,17-,19+/m0/s1. The summed E-state index contributed by atoms with van der Waals surface area (Å²) in [4.78, 5) is 40.2. The Balaban J connectivity index is 1.50. The molecule has 1 aromatic heterocycles. The summed E-state index contributed by atoms with van der Waals surface area (Å²) in [6.45, 7) is 1.82. The fourth-order valence-corrected chi connectivity index (χ4v) is 6.09. The molecule has 1 aliphatic carbocycles. The van der Waals surface area contributed by atoms with Crippen LogP contribution in [0.1, 0.15) is 34.8 Å². The number of fused-ring (bicyclic) bond motifs is 1. The van der Waals surface area contributed by atoms with Crippen molar-refractivity contribution >= 4 is 63.5 Å². The maximum Gasteiger partial charge on any atom is 0.283 e. The van der Waals surface area contributed by atoms with E-state index in [1.807, 2.05) is 0 Å². The second-order valence-electron chi connectivity index (χ2n) is 9.74. The molecule has 0 unspecified atom stereocenters. The molecule has 1 fully saturated rings. The van der Waals surface area contributed by atoms with E-state index in [1.54, 1.807) is 54.6 Å². The minimum atomic E-state index is -0.420. The predicted octanol–water partition coefficient (Wildman–Crippen LogP) is 2.67. The van der Waals surface area contributed by atoms with E-state index in [4.69, 9.17) is 39.5 Å². The summed E-state index contributed by atoms with van der Waals surface area (Å²) in [5.41, 5.74) is 8.13. The molecule has 1 saturated carbocycles. The summed E-state index contributed by atoms with van der Waals surface area (Å²) < 4.78 is 0. The first kappa shape index (κ1) is 27.4. The molecule has 1 aromatic carbocycles. The van der Waals surface area contributed by atoms with Crippen LogP contribution in [0.25, 0.3) is 0 Å². The predicted molar refractivity (Wildman–Crippen MR) is 152 cm³/mol. The summed E-state index contributed by atoms with van der Waals surface area (Å²) in [5.74, 6) is -0.179. The van der Waals surface area contributed by atoms with Crippen molar-refractivity contribution < 1.29 is 9.59 Å². The molecule has 1 aliphatic heterocycles. The SMILES string of the molecule is CN1CCc2nc(C(N)=N[C@@H]3C[C@@H](C(=O)N(C)C)CC[C@@H]3NC(=S)C(=O)Nc3ccc(Cl)cc3)sc2C1. The van der Waals surface area contributed by atoms with Crippen molar-refractivity contribution in [2.45, 2.75) is 44.3 Å². The number of carbonyl (C=O) groups is 2. The number of benzene rings is 1. The number of carbonyl (C=O) groups excluding carboxylic acids is 2. The van der Waals surface area contributed by atoms with E-state index in [9.17, 15) is 9.59 Å². The Bertz CT molecular complexity index is 1200. The fraction of sp³-hybridized carbons (Fsp3) is 0.480. The molecule has 9 nitrogen and oxygen atoms in total. The first-order chi connectivity index (χ1) is 17.6. The average Bonchev–Trinajstić information content (AvgIpc) is 3.29. The summed E-state index contributed by atoms with van der Waals surface area (Å²) in [6, 6.07) is 6.22. The van der Waals surface area contributed by atoms with E-state index in [0.29, 0.717) is 40.8 Å². The number of amides is 2. The number of aromatic nitrogens is 1. The summed E-state index contributed by atoms with van der Waals surface area (Å²) in [6.07, 6.45) is 2.68. The van der Waals surface area contributed by atoms with Crippen LogP contribution in [0, 0.1) is 5.92 Å². The van der Waals surface area contributed by atoms with Gasteiger partial charge in [-0.2, -0.15) is 0 Å². The van der Waals surface area contributed by atoms with Gasteiger partial charge < -0.3 is 26.2 Å². The van der Waals surface area contributed by atoms with Crippen LogP contribution in [-0.2, 0) is 22.6 Å². The molecule has 4 N–H and O–H groups in total. The van der Waals surface area contributed by atoms with Crippen LogP contribution in [0.4, 0.5) is 5.69 Å². The third kappa shape index (κ3) is 6.84. The quantitative estimate of drug-likeness (QED) is 0.292. The number of rotatable bonds is 5. The van der Waals surface area contributed by atoms with Gasteiger partial charge in [-0.3, -0.25) is 14.6 Å². The zero-order chi connectivity index (χ0) is 26.7. The van der Waals surface area contributed by atoms with Crippen molar-refractivity contribution in [3.05, 3.63) is 44.9 Å². The smallest absolute Gasteiger partial charge is 0.283 e. The van der Waals surface area contributed by atoms with Gasteiger partial charge in [-0.25, -0.2) is 4.98 Å². The van der Waals surface area contributed by atoms with Gasteiger partial charge >= 0.3 is 0 Å². The monoisotopic (exact) mass is 561 g/mol. The molecule has 2 aliphatic rings. The normalized spacial score (nSPS) is 22.2. The van der Waals surface area contributed by atoms with E-state index in [2.05, 4.69) is 22.6 Å². The van der Waals surface area contributed by atoms with Crippen LogP contribution in [-0.4, -0.2) is 77.2 Å². The molecule has 4 rings (SSSR count). The summed E-state index contributed by atoms with van der Waals surface area (Å²) in [7, 11) is 5.60. The van der Waals surface area contributed by atoms with Crippen molar-refractivity contribution in [1.82, 2.24) is 20.1 Å². The Morgan fingerprint density at radius 1 is 1.27 bits per heavy atom. The number of hydrogen-bond acceptors (Lipinski definition) is 7. The molecule has 198 valence electrons.